The summed E-state index contributed by atoms with van der Waals surface area (Å²) >= 11 is 4.75. The van der Waals surface area contributed by atoms with Crippen LogP contribution in [0.15, 0.2) is 21.9 Å². The summed E-state index contributed by atoms with van der Waals surface area (Å²) < 4.78 is 0.830. The van der Waals surface area contributed by atoms with Crippen LogP contribution in [-0.2, 0) is 11.2 Å². The van der Waals surface area contributed by atoms with Gasteiger partial charge in [0.1, 0.15) is 0 Å². The minimum absolute atomic E-state index is 0.137. The van der Waals surface area contributed by atoms with Gasteiger partial charge in [-0.3, -0.25) is 4.79 Å². The summed E-state index contributed by atoms with van der Waals surface area (Å²) in [5.74, 6) is 0.155. The van der Waals surface area contributed by atoms with Crippen molar-refractivity contribution in [3.05, 3.63) is 22.4 Å². The lowest BCUT2D eigenvalue weighted by Gasteiger charge is -2.21. The Labute approximate surface area is 149 Å². The first-order valence-corrected chi connectivity index (χ1v) is 10.3. The van der Waals surface area contributed by atoms with Gasteiger partial charge in [0, 0.05) is 24.5 Å². The fourth-order valence-corrected chi connectivity index (χ4v) is 4.78. The van der Waals surface area contributed by atoms with E-state index in [9.17, 15) is 4.79 Å². The van der Waals surface area contributed by atoms with Gasteiger partial charge in [-0.15, -0.1) is 21.5 Å². The summed E-state index contributed by atoms with van der Waals surface area (Å²) in [6, 6.07) is 4.20. The van der Waals surface area contributed by atoms with Crippen molar-refractivity contribution in [3.63, 3.8) is 0 Å². The van der Waals surface area contributed by atoms with Gasteiger partial charge in [-0.05, 0) is 38.6 Å². The van der Waals surface area contributed by atoms with Crippen molar-refractivity contribution >= 4 is 45.5 Å². The molecule has 2 heterocycles. The summed E-state index contributed by atoms with van der Waals surface area (Å²) in [5.41, 5.74) is 0. The first kappa shape index (κ1) is 18.2. The highest BCUT2D eigenvalue weighted by molar-refractivity contribution is 8.02. The summed E-state index contributed by atoms with van der Waals surface area (Å²) in [6.45, 7) is 8.25. The van der Waals surface area contributed by atoms with E-state index >= 15 is 0 Å². The zero-order valence-corrected chi connectivity index (χ0v) is 16.1. The van der Waals surface area contributed by atoms with Gasteiger partial charge >= 0.3 is 0 Å². The normalized spacial score (nSPS) is 12.1. The maximum Gasteiger partial charge on any atom is 0.235 e. The number of hydrogen-bond acceptors (Lipinski definition) is 7. The Bertz CT molecular complexity index is 596. The van der Waals surface area contributed by atoms with E-state index in [-0.39, 0.29) is 11.2 Å². The molecule has 2 aromatic rings. The molecule has 0 fully saturated rings. The smallest absolute Gasteiger partial charge is 0.235 e. The Morgan fingerprint density at radius 2 is 2.17 bits per heavy atom. The van der Waals surface area contributed by atoms with Crippen molar-refractivity contribution < 1.29 is 4.79 Å². The molecule has 1 atom stereocenters. The number of rotatable bonds is 9. The quantitative estimate of drug-likeness (QED) is 0.684. The third-order valence-corrected chi connectivity index (χ3v) is 6.32. The van der Waals surface area contributed by atoms with E-state index in [2.05, 4.69) is 33.0 Å². The molecule has 0 saturated heterocycles. The van der Waals surface area contributed by atoms with Crippen LogP contribution in [0.2, 0.25) is 0 Å². The number of thiophene rings is 1. The summed E-state index contributed by atoms with van der Waals surface area (Å²) in [4.78, 5) is 15.5. The average Bonchev–Trinajstić information content (AvgIpc) is 3.20. The van der Waals surface area contributed by atoms with Crippen LogP contribution in [0.5, 0.6) is 0 Å². The molecule has 0 aliphatic heterocycles. The molecule has 23 heavy (non-hydrogen) atoms. The predicted molar refractivity (Wildman–Crippen MR) is 99.7 cm³/mol. The lowest BCUT2D eigenvalue weighted by atomic mass is 10.3. The van der Waals surface area contributed by atoms with Crippen LogP contribution >= 0.6 is 34.4 Å². The van der Waals surface area contributed by atoms with E-state index in [4.69, 9.17) is 0 Å². The molecule has 126 valence electrons. The van der Waals surface area contributed by atoms with Gasteiger partial charge in [-0.25, -0.2) is 0 Å². The van der Waals surface area contributed by atoms with E-state index < -0.39 is 0 Å². The molecule has 0 aliphatic rings. The van der Waals surface area contributed by atoms with Gasteiger partial charge in [0.05, 0.1) is 5.25 Å². The zero-order valence-electron chi connectivity index (χ0n) is 13.6. The Balaban J connectivity index is 1.80. The largest absolute Gasteiger partial charge is 0.360 e. The van der Waals surface area contributed by atoms with Crippen molar-refractivity contribution in [2.24, 2.45) is 0 Å². The molecule has 0 aliphatic carbocycles. The number of nitrogens with one attached hydrogen (secondary N) is 1. The highest BCUT2D eigenvalue weighted by Crippen LogP contribution is 2.29. The van der Waals surface area contributed by atoms with E-state index in [0.717, 1.165) is 35.5 Å². The summed E-state index contributed by atoms with van der Waals surface area (Å²) in [6.07, 6.45) is 0.983. The van der Waals surface area contributed by atoms with Gasteiger partial charge in [0.25, 0.3) is 0 Å². The summed E-state index contributed by atoms with van der Waals surface area (Å²) in [5, 5.41) is 14.4. The molecule has 2 rings (SSSR count). The second-order valence-electron chi connectivity index (χ2n) is 4.90. The molecule has 0 bridgehead atoms. The fraction of sp³-hybridized carbons (Fsp3) is 0.533. The topological polar surface area (TPSA) is 58.1 Å². The standard InChI is InChI=1S/C15H22N4OS3/c1-4-19(5-2)13(20)11(3)22-15-18-17-14(23-15)16-9-8-12-7-6-10-21-12/h6-7,10-11H,4-5,8-9H2,1-3H3,(H,16,17). The third-order valence-electron chi connectivity index (χ3n) is 3.33. The molecule has 2 aromatic heterocycles. The molecule has 0 saturated carbocycles. The Morgan fingerprint density at radius 1 is 1.39 bits per heavy atom. The van der Waals surface area contributed by atoms with Crippen LogP contribution in [0.4, 0.5) is 5.13 Å². The van der Waals surface area contributed by atoms with Crippen LogP contribution in [0, 0.1) is 0 Å². The number of carbonyl (C=O) groups is 1. The molecular formula is C15H22N4OS3. The highest BCUT2D eigenvalue weighted by Gasteiger charge is 2.21. The molecule has 1 N–H and O–H groups in total. The molecule has 1 unspecified atom stereocenters. The average molecular weight is 371 g/mol. The van der Waals surface area contributed by atoms with Crippen LogP contribution in [0.3, 0.4) is 0 Å². The first-order chi connectivity index (χ1) is 11.1. The van der Waals surface area contributed by atoms with Crippen molar-refractivity contribution in [2.75, 3.05) is 25.0 Å². The van der Waals surface area contributed by atoms with Gasteiger partial charge < -0.3 is 10.2 Å². The van der Waals surface area contributed by atoms with Crippen LogP contribution in [0.1, 0.15) is 25.6 Å². The molecular weight excluding hydrogens is 348 g/mol. The number of amides is 1. The SMILES string of the molecule is CCN(CC)C(=O)C(C)Sc1nnc(NCCc2cccs2)s1. The third kappa shape index (κ3) is 5.47. The van der Waals surface area contributed by atoms with Crippen LogP contribution in [0.25, 0.3) is 0 Å². The molecule has 0 spiro atoms. The number of carbonyl (C=O) groups excluding carboxylic acids is 1. The summed E-state index contributed by atoms with van der Waals surface area (Å²) in [7, 11) is 0. The molecule has 0 radical (unpaired) electrons. The zero-order chi connectivity index (χ0) is 16.7. The van der Waals surface area contributed by atoms with E-state index in [1.54, 1.807) is 11.3 Å². The predicted octanol–water partition coefficient (Wildman–Crippen LogP) is 3.60. The van der Waals surface area contributed by atoms with Crippen molar-refractivity contribution in [1.29, 1.82) is 0 Å². The minimum Gasteiger partial charge on any atom is -0.360 e. The number of aromatic nitrogens is 2. The Morgan fingerprint density at radius 3 is 2.83 bits per heavy atom. The fourth-order valence-electron chi connectivity index (χ4n) is 2.07. The van der Waals surface area contributed by atoms with Crippen molar-refractivity contribution in [1.82, 2.24) is 15.1 Å². The van der Waals surface area contributed by atoms with Crippen LogP contribution in [-0.4, -0.2) is 45.9 Å². The van der Waals surface area contributed by atoms with Gasteiger partial charge in [-0.2, -0.15) is 0 Å². The second-order valence-corrected chi connectivity index (χ2v) is 8.50. The Hall–Kier alpha value is -1.12. The van der Waals surface area contributed by atoms with E-state index in [1.165, 1.54) is 28.0 Å². The molecule has 5 nitrogen and oxygen atoms in total. The van der Waals surface area contributed by atoms with E-state index in [0.29, 0.717) is 0 Å². The second kappa shape index (κ2) is 9.24. The molecule has 1 amide bonds. The van der Waals surface area contributed by atoms with Gasteiger partial charge in [-0.1, -0.05) is 29.2 Å². The number of anilines is 1. The molecule has 0 aromatic carbocycles. The van der Waals surface area contributed by atoms with Crippen molar-refractivity contribution in [2.45, 2.75) is 36.8 Å². The van der Waals surface area contributed by atoms with Crippen LogP contribution < -0.4 is 5.32 Å². The Kier molecular flexibility index (Phi) is 7.32. The van der Waals surface area contributed by atoms with Gasteiger partial charge in [0.2, 0.25) is 11.0 Å². The monoisotopic (exact) mass is 370 g/mol. The molecule has 8 heteroatoms. The first-order valence-electron chi connectivity index (χ1n) is 7.69. The maximum absolute atomic E-state index is 12.3. The minimum atomic E-state index is -0.137. The number of thioether (sulfide) groups is 1. The van der Waals surface area contributed by atoms with E-state index in [1.807, 2.05) is 25.7 Å². The lowest BCUT2D eigenvalue weighted by Crippen LogP contribution is -2.36. The van der Waals surface area contributed by atoms with Crippen molar-refractivity contribution in [3.8, 4) is 0 Å². The lowest BCUT2D eigenvalue weighted by molar-refractivity contribution is -0.129. The highest BCUT2D eigenvalue weighted by atomic mass is 32.2. The number of nitrogens with zero attached hydrogens (tertiary/aromatic N) is 3. The maximum atomic E-state index is 12.3. The number of hydrogen-bond donors (Lipinski definition) is 1. The van der Waals surface area contributed by atoms with Gasteiger partial charge in [0.15, 0.2) is 4.34 Å².